The fourth-order valence-corrected chi connectivity index (χ4v) is 4.90. The van der Waals surface area contributed by atoms with E-state index in [-0.39, 0.29) is 0 Å². The minimum atomic E-state index is 0.346. The average molecular weight is 525 g/mol. The van der Waals surface area contributed by atoms with Crippen LogP contribution in [0.5, 0.6) is 6.01 Å². The van der Waals surface area contributed by atoms with E-state index in [1.54, 1.807) is 13.2 Å². The van der Waals surface area contributed by atoms with Gasteiger partial charge in [0.05, 0.1) is 30.1 Å². The number of allylic oxidation sites excluding steroid dienone is 1. The highest BCUT2D eigenvalue weighted by atomic mass is 35.5. The summed E-state index contributed by atoms with van der Waals surface area (Å²) < 4.78 is 5.34. The smallest absolute Gasteiger partial charge is 0.316 e. The second-order valence-corrected chi connectivity index (χ2v) is 9.79. The molecule has 2 aliphatic rings. The summed E-state index contributed by atoms with van der Waals surface area (Å²) in [5.41, 5.74) is 4.57. The Bertz CT molecular complexity index is 1120. The predicted molar refractivity (Wildman–Crippen MR) is 160 cm³/mol. The van der Waals surface area contributed by atoms with Crippen LogP contribution in [0.2, 0.25) is 5.02 Å². The normalized spacial score (nSPS) is 14.5. The van der Waals surface area contributed by atoms with E-state index in [0.29, 0.717) is 11.9 Å². The van der Waals surface area contributed by atoms with Crippen LogP contribution >= 0.6 is 11.6 Å². The van der Waals surface area contributed by atoms with Gasteiger partial charge in [-0.25, -0.2) is 0 Å². The van der Waals surface area contributed by atoms with Crippen molar-refractivity contribution in [3.8, 4) is 6.01 Å². The standard InChI is InChI=1S/C21H22ClN3O.C5H11N.C3H6.C2H6/c1-13(2)20-15-10-11-25(12-17(15)23-21(24-20)26-3)18-9-5-7-14-6-4-8-16(22)19(14)18;1-6-4-2-3-5-6;1-3-2;1-2/h4-9,13H,10-12H2,1-3H3;2-5H2,1H3;3H,1H2,2H3;1-2H3. The average Bonchev–Trinajstić information content (AvgIpc) is 3.40. The van der Waals surface area contributed by atoms with Gasteiger partial charge >= 0.3 is 6.01 Å². The van der Waals surface area contributed by atoms with Crippen molar-refractivity contribution in [2.75, 3.05) is 38.7 Å². The maximum absolute atomic E-state index is 6.52. The molecule has 6 heteroatoms. The van der Waals surface area contributed by atoms with Crippen LogP contribution in [0.25, 0.3) is 10.8 Å². The Kier molecular flexibility index (Phi) is 12.9. The number of fused-ring (bicyclic) bond motifs is 2. The highest BCUT2D eigenvalue weighted by Gasteiger charge is 2.25. The van der Waals surface area contributed by atoms with E-state index in [1.165, 1.54) is 31.5 Å². The SMILES string of the molecule is C=CC.CC.CN1CCCC1.COc1nc2c(c(C(C)C)n1)CCN(c1cccc3cccc(Cl)c13)C2. The van der Waals surface area contributed by atoms with Gasteiger partial charge in [-0.2, -0.15) is 9.97 Å². The summed E-state index contributed by atoms with van der Waals surface area (Å²) in [6, 6.07) is 12.8. The molecule has 37 heavy (non-hydrogen) atoms. The van der Waals surface area contributed by atoms with Gasteiger partial charge in [0.2, 0.25) is 0 Å². The molecule has 3 heterocycles. The number of benzene rings is 2. The number of methoxy groups -OCH3 is 1. The summed E-state index contributed by atoms with van der Waals surface area (Å²) in [5.74, 6) is 0.346. The third-order valence-electron chi connectivity index (χ3n) is 6.31. The Morgan fingerprint density at radius 2 is 1.65 bits per heavy atom. The van der Waals surface area contributed by atoms with Crippen molar-refractivity contribution in [1.82, 2.24) is 14.9 Å². The molecule has 2 aliphatic heterocycles. The van der Waals surface area contributed by atoms with Crippen LogP contribution in [-0.2, 0) is 13.0 Å². The van der Waals surface area contributed by atoms with Crippen molar-refractivity contribution < 1.29 is 4.74 Å². The molecule has 1 fully saturated rings. The van der Waals surface area contributed by atoms with E-state index in [9.17, 15) is 0 Å². The zero-order chi connectivity index (χ0) is 27.4. The topological polar surface area (TPSA) is 41.5 Å². The molecular weight excluding hydrogens is 480 g/mol. The van der Waals surface area contributed by atoms with E-state index >= 15 is 0 Å². The molecule has 0 spiro atoms. The monoisotopic (exact) mass is 524 g/mol. The van der Waals surface area contributed by atoms with Crippen LogP contribution in [0.15, 0.2) is 49.1 Å². The van der Waals surface area contributed by atoms with Gasteiger partial charge < -0.3 is 14.5 Å². The van der Waals surface area contributed by atoms with Gasteiger partial charge in [0.25, 0.3) is 0 Å². The zero-order valence-corrected chi connectivity index (χ0v) is 24.6. The molecule has 0 aliphatic carbocycles. The first kappa shape index (κ1) is 30.6. The molecule has 3 aromatic rings. The molecule has 0 saturated carbocycles. The summed E-state index contributed by atoms with van der Waals surface area (Å²) >= 11 is 6.52. The third-order valence-corrected chi connectivity index (χ3v) is 6.62. The van der Waals surface area contributed by atoms with Crippen molar-refractivity contribution in [1.29, 1.82) is 0 Å². The molecule has 0 N–H and O–H groups in total. The molecule has 0 unspecified atom stereocenters. The van der Waals surface area contributed by atoms with Gasteiger partial charge in [0.15, 0.2) is 0 Å². The largest absolute Gasteiger partial charge is 0.467 e. The van der Waals surface area contributed by atoms with Crippen LogP contribution < -0.4 is 9.64 Å². The Labute approximate surface area is 229 Å². The molecule has 2 aromatic carbocycles. The Balaban J connectivity index is 0.000000370. The van der Waals surface area contributed by atoms with Crippen LogP contribution in [0.1, 0.15) is 70.3 Å². The van der Waals surface area contributed by atoms with Gasteiger partial charge in [-0.15, -0.1) is 6.58 Å². The second kappa shape index (κ2) is 15.6. The zero-order valence-electron chi connectivity index (χ0n) is 23.9. The summed E-state index contributed by atoms with van der Waals surface area (Å²) in [6.45, 7) is 17.9. The molecule has 0 bridgehead atoms. The Morgan fingerprint density at radius 3 is 2.19 bits per heavy atom. The molecule has 0 amide bonds. The van der Waals surface area contributed by atoms with Crippen LogP contribution in [-0.4, -0.2) is 48.7 Å². The highest BCUT2D eigenvalue weighted by Crippen LogP contribution is 2.36. The van der Waals surface area contributed by atoms with Crippen molar-refractivity contribution >= 4 is 28.1 Å². The van der Waals surface area contributed by atoms with Gasteiger partial charge in [0, 0.05) is 17.6 Å². The summed E-state index contributed by atoms with van der Waals surface area (Å²) in [6.07, 6.45) is 5.50. The summed E-state index contributed by atoms with van der Waals surface area (Å²) in [4.78, 5) is 14.0. The molecule has 1 aromatic heterocycles. The summed E-state index contributed by atoms with van der Waals surface area (Å²) in [7, 11) is 3.80. The molecule has 5 nitrogen and oxygen atoms in total. The first-order valence-corrected chi connectivity index (χ1v) is 13.9. The van der Waals surface area contributed by atoms with Crippen molar-refractivity contribution in [2.24, 2.45) is 0 Å². The van der Waals surface area contributed by atoms with Gasteiger partial charge in [-0.05, 0) is 75.3 Å². The van der Waals surface area contributed by atoms with Crippen LogP contribution in [0, 0.1) is 0 Å². The number of ether oxygens (including phenoxy) is 1. The summed E-state index contributed by atoms with van der Waals surface area (Å²) in [5, 5.41) is 3.04. The number of rotatable bonds is 3. The van der Waals surface area contributed by atoms with Crippen molar-refractivity contribution in [3.05, 3.63) is 71.0 Å². The van der Waals surface area contributed by atoms with Gasteiger partial charge in [-0.3, -0.25) is 0 Å². The lowest BCUT2D eigenvalue weighted by molar-refractivity contribution is 0.373. The molecule has 5 rings (SSSR count). The first-order valence-electron chi connectivity index (χ1n) is 13.5. The lowest BCUT2D eigenvalue weighted by Gasteiger charge is -2.32. The van der Waals surface area contributed by atoms with Crippen molar-refractivity contribution in [3.63, 3.8) is 0 Å². The molecule has 0 radical (unpaired) electrons. The second-order valence-electron chi connectivity index (χ2n) is 9.38. The number of aromatic nitrogens is 2. The number of anilines is 1. The molecule has 1 saturated heterocycles. The van der Waals surface area contributed by atoms with Gasteiger partial charge in [-0.1, -0.05) is 69.6 Å². The minimum Gasteiger partial charge on any atom is -0.467 e. The minimum absolute atomic E-state index is 0.346. The van der Waals surface area contributed by atoms with Crippen LogP contribution in [0.4, 0.5) is 5.69 Å². The fourth-order valence-electron chi connectivity index (χ4n) is 4.63. The van der Waals surface area contributed by atoms with Crippen LogP contribution in [0.3, 0.4) is 0 Å². The fraction of sp³-hybridized carbons (Fsp3) is 0.484. The number of likely N-dealkylation sites (tertiary alicyclic amines) is 1. The molecule has 202 valence electrons. The number of halogens is 1. The number of hydrogen-bond acceptors (Lipinski definition) is 5. The van der Waals surface area contributed by atoms with E-state index in [4.69, 9.17) is 16.3 Å². The van der Waals surface area contributed by atoms with Crippen molar-refractivity contribution in [2.45, 2.75) is 66.3 Å². The Morgan fingerprint density at radius 1 is 1.03 bits per heavy atom. The number of hydrogen-bond donors (Lipinski definition) is 0. The molecular formula is C31H45ClN4O. The lowest BCUT2D eigenvalue weighted by atomic mass is 9.96. The quantitative estimate of drug-likeness (QED) is 0.325. The van der Waals surface area contributed by atoms with Gasteiger partial charge in [0.1, 0.15) is 0 Å². The van der Waals surface area contributed by atoms with E-state index in [1.807, 2.05) is 32.9 Å². The van der Waals surface area contributed by atoms with E-state index in [0.717, 1.165) is 52.4 Å². The molecule has 0 atom stereocenters. The maximum atomic E-state index is 6.52. The number of nitrogens with zero attached hydrogens (tertiary/aromatic N) is 4. The third kappa shape index (κ3) is 8.18. The van der Waals surface area contributed by atoms with E-state index < -0.39 is 0 Å². The highest BCUT2D eigenvalue weighted by molar-refractivity contribution is 6.36. The van der Waals surface area contributed by atoms with E-state index in [2.05, 4.69) is 71.5 Å². The Hall–Kier alpha value is -2.63. The lowest BCUT2D eigenvalue weighted by Crippen LogP contribution is -2.32. The predicted octanol–water partition coefficient (Wildman–Crippen LogP) is 7.91. The maximum Gasteiger partial charge on any atom is 0.316 e. The first-order chi connectivity index (χ1) is 17.9.